The van der Waals surface area contributed by atoms with Crippen molar-refractivity contribution in [2.75, 3.05) is 26.2 Å². The van der Waals surface area contributed by atoms with Crippen LogP contribution in [0.25, 0.3) is 0 Å². The Kier molecular flexibility index (Phi) is 7.42. The molecule has 2 amide bonds. The summed E-state index contributed by atoms with van der Waals surface area (Å²) in [5.74, 6) is -0.0312. The summed E-state index contributed by atoms with van der Waals surface area (Å²) in [5.41, 5.74) is 2.25. The fraction of sp³-hybridized carbons (Fsp3) is 0.417. The highest BCUT2D eigenvalue weighted by molar-refractivity contribution is 5.88. The molecular weight excluding hydrogens is 362 g/mol. The second-order valence-electron chi connectivity index (χ2n) is 8.04. The van der Waals surface area contributed by atoms with E-state index in [0.717, 1.165) is 25.2 Å². The van der Waals surface area contributed by atoms with Gasteiger partial charge in [-0.1, -0.05) is 74.5 Å². The van der Waals surface area contributed by atoms with Crippen molar-refractivity contribution in [2.24, 2.45) is 5.92 Å². The Morgan fingerprint density at radius 1 is 0.862 bits per heavy atom. The summed E-state index contributed by atoms with van der Waals surface area (Å²) < 4.78 is 0. The molecule has 0 spiro atoms. The molecule has 0 aliphatic carbocycles. The van der Waals surface area contributed by atoms with Crippen molar-refractivity contribution in [1.29, 1.82) is 0 Å². The number of piperazine rings is 1. The lowest BCUT2D eigenvalue weighted by molar-refractivity contribution is -0.139. The van der Waals surface area contributed by atoms with Crippen molar-refractivity contribution in [3.8, 4) is 0 Å². The zero-order chi connectivity index (χ0) is 20.6. The standard InChI is InChI=1S/C24H31N3O2/c1-19(2)23(25-22(28)17-20-9-5-3-6-10-20)24(29)27-15-13-26(14-16-27)18-21-11-7-4-8-12-21/h3-12,19,23H,13-18H2,1-2H3,(H,25,28)/t23-/m0/s1. The molecule has 0 aromatic heterocycles. The Labute approximate surface area is 173 Å². The van der Waals surface area contributed by atoms with Gasteiger partial charge in [0, 0.05) is 32.7 Å². The van der Waals surface area contributed by atoms with Gasteiger partial charge in [0.25, 0.3) is 0 Å². The number of carbonyl (C=O) groups excluding carboxylic acids is 2. The quantitative estimate of drug-likeness (QED) is 0.787. The van der Waals surface area contributed by atoms with Gasteiger partial charge < -0.3 is 10.2 Å². The van der Waals surface area contributed by atoms with Crippen LogP contribution in [0.4, 0.5) is 0 Å². The molecule has 0 saturated carbocycles. The first kappa shape index (κ1) is 21.1. The molecule has 2 aromatic rings. The molecule has 1 N–H and O–H groups in total. The molecule has 0 unspecified atom stereocenters. The van der Waals surface area contributed by atoms with Crippen molar-refractivity contribution < 1.29 is 9.59 Å². The first-order chi connectivity index (χ1) is 14.0. The number of nitrogens with zero attached hydrogens (tertiary/aromatic N) is 2. The van der Waals surface area contributed by atoms with Crippen molar-refractivity contribution >= 4 is 11.8 Å². The van der Waals surface area contributed by atoms with Crippen LogP contribution in [0, 0.1) is 5.92 Å². The minimum atomic E-state index is -0.480. The van der Waals surface area contributed by atoms with Gasteiger partial charge in [0.05, 0.1) is 6.42 Å². The van der Waals surface area contributed by atoms with Gasteiger partial charge in [-0.3, -0.25) is 14.5 Å². The predicted octanol–water partition coefficient (Wildman–Crippen LogP) is 2.71. The van der Waals surface area contributed by atoms with Gasteiger partial charge in [0.15, 0.2) is 0 Å². The van der Waals surface area contributed by atoms with Crippen molar-refractivity contribution in [2.45, 2.75) is 32.9 Å². The summed E-state index contributed by atoms with van der Waals surface area (Å²) in [4.78, 5) is 29.8. The number of nitrogens with one attached hydrogen (secondary N) is 1. The van der Waals surface area contributed by atoms with Crippen LogP contribution in [-0.2, 0) is 22.6 Å². The second kappa shape index (κ2) is 10.2. The zero-order valence-electron chi connectivity index (χ0n) is 17.4. The van der Waals surface area contributed by atoms with Crippen LogP contribution in [0.5, 0.6) is 0 Å². The summed E-state index contributed by atoms with van der Waals surface area (Å²) >= 11 is 0. The van der Waals surface area contributed by atoms with E-state index in [0.29, 0.717) is 19.5 Å². The fourth-order valence-electron chi connectivity index (χ4n) is 3.68. The summed E-state index contributed by atoms with van der Waals surface area (Å²) in [7, 11) is 0. The molecule has 1 saturated heterocycles. The molecule has 29 heavy (non-hydrogen) atoms. The molecule has 1 aliphatic heterocycles. The van der Waals surface area contributed by atoms with E-state index in [1.54, 1.807) is 0 Å². The van der Waals surface area contributed by atoms with Crippen molar-refractivity contribution in [3.05, 3.63) is 71.8 Å². The average molecular weight is 394 g/mol. The van der Waals surface area contributed by atoms with E-state index in [4.69, 9.17) is 0 Å². The molecule has 0 bridgehead atoms. The molecule has 1 heterocycles. The van der Waals surface area contributed by atoms with E-state index in [9.17, 15) is 9.59 Å². The minimum Gasteiger partial charge on any atom is -0.344 e. The third kappa shape index (κ3) is 6.16. The highest BCUT2D eigenvalue weighted by Gasteiger charge is 2.30. The van der Waals surface area contributed by atoms with E-state index >= 15 is 0 Å². The lowest BCUT2D eigenvalue weighted by Crippen LogP contribution is -2.56. The minimum absolute atomic E-state index is 0.0285. The Morgan fingerprint density at radius 2 is 1.41 bits per heavy atom. The van der Waals surface area contributed by atoms with E-state index < -0.39 is 6.04 Å². The molecule has 5 heteroatoms. The molecule has 1 fully saturated rings. The SMILES string of the molecule is CC(C)[C@H](NC(=O)Cc1ccccc1)C(=O)N1CCN(Cc2ccccc2)CC1. The Hall–Kier alpha value is -2.66. The fourth-order valence-corrected chi connectivity index (χ4v) is 3.68. The summed E-state index contributed by atoms with van der Waals surface area (Å²) in [5, 5.41) is 2.97. The van der Waals surface area contributed by atoms with E-state index in [1.807, 2.05) is 55.1 Å². The van der Waals surface area contributed by atoms with Crippen molar-refractivity contribution in [3.63, 3.8) is 0 Å². The van der Waals surface area contributed by atoms with Crippen LogP contribution < -0.4 is 5.32 Å². The molecule has 0 radical (unpaired) electrons. The number of hydrogen-bond donors (Lipinski definition) is 1. The van der Waals surface area contributed by atoms with Gasteiger partial charge in [0.1, 0.15) is 6.04 Å². The smallest absolute Gasteiger partial charge is 0.245 e. The van der Waals surface area contributed by atoms with Crippen LogP contribution in [0.3, 0.4) is 0 Å². The summed E-state index contributed by atoms with van der Waals surface area (Å²) in [6.45, 7) is 7.97. The van der Waals surface area contributed by atoms with Gasteiger partial charge in [-0.05, 0) is 17.0 Å². The van der Waals surface area contributed by atoms with Gasteiger partial charge >= 0.3 is 0 Å². The van der Waals surface area contributed by atoms with E-state index in [2.05, 4.69) is 34.5 Å². The molecule has 2 aromatic carbocycles. The molecular formula is C24H31N3O2. The maximum absolute atomic E-state index is 13.1. The third-order valence-electron chi connectivity index (χ3n) is 5.39. The molecule has 1 atom stereocenters. The maximum Gasteiger partial charge on any atom is 0.245 e. The van der Waals surface area contributed by atoms with Gasteiger partial charge in [-0.25, -0.2) is 0 Å². The number of rotatable bonds is 7. The maximum atomic E-state index is 13.1. The summed E-state index contributed by atoms with van der Waals surface area (Å²) in [6, 6.07) is 19.6. The Bertz CT molecular complexity index is 784. The number of amides is 2. The van der Waals surface area contributed by atoms with Gasteiger partial charge in [-0.15, -0.1) is 0 Å². The third-order valence-corrected chi connectivity index (χ3v) is 5.39. The molecule has 1 aliphatic rings. The van der Waals surface area contributed by atoms with Crippen LogP contribution in [0.15, 0.2) is 60.7 Å². The average Bonchev–Trinajstić information content (AvgIpc) is 2.73. The van der Waals surface area contributed by atoms with Crippen LogP contribution in [0.1, 0.15) is 25.0 Å². The Morgan fingerprint density at radius 3 is 1.97 bits per heavy atom. The van der Waals surface area contributed by atoms with Crippen LogP contribution in [-0.4, -0.2) is 53.8 Å². The first-order valence-corrected chi connectivity index (χ1v) is 10.4. The topological polar surface area (TPSA) is 52.7 Å². The second-order valence-corrected chi connectivity index (χ2v) is 8.04. The molecule has 3 rings (SSSR count). The lowest BCUT2D eigenvalue weighted by atomic mass is 10.0. The van der Waals surface area contributed by atoms with Crippen LogP contribution >= 0.6 is 0 Å². The van der Waals surface area contributed by atoms with Gasteiger partial charge in [-0.2, -0.15) is 0 Å². The summed E-state index contributed by atoms with van der Waals surface area (Å²) in [6.07, 6.45) is 0.294. The van der Waals surface area contributed by atoms with E-state index in [1.165, 1.54) is 5.56 Å². The van der Waals surface area contributed by atoms with E-state index in [-0.39, 0.29) is 17.7 Å². The highest BCUT2D eigenvalue weighted by atomic mass is 16.2. The normalized spacial score (nSPS) is 15.9. The largest absolute Gasteiger partial charge is 0.344 e. The molecule has 5 nitrogen and oxygen atoms in total. The first-order valence-electron chi connectivity index (χ1n) is 10.4. The Balaban J connectivity index is 1.52. The van der Waals surface area contributed by atoms with Crippen molar-refractivity contribution in [1.82, 2.24) is 15.1 Å². The predicted molar refractivity (Wildman–Crippen MR) is 115 cm³/mol. The highest BCUT2D eigenvalue weighted by Crippen LogP contribution is 2.12. The zero-order valence-corrected chi connectivity index (χ0v) is 17.4. The number of hydrogen-bond acceptors (Lipinski definition) is 3. The number of benzene rings is 2. The lowest BCUT2D eigenvalue weighted by Gasteiger charge is -2.37. The number of carbonyl (C=O) groups is 2. The van der Waals surface area contributed by atoms with Crippen LogP contribution in [0.2, 0.25) is 0 Å². The van der Waals surface area contributed by atoms with Gasteiger partial charge in [0.2, 0.25) is 11.8 Å². The molecule has 154 valence electrons. The monoisotopic (exact) mass is 393 g/mol.